The third-order valence-electron chi connectivity index (χ3n) is 2.40. The van der Waals surface area contributed by atoms with Gasteiger partial charge in [0.2, 0.25) is 0 Å². The van der Waals surface area contributed by atoms with Crippen LogP contribution in [0.2, 0.25) is 0 Å². The van der Waals surface area contributed by atoms with Crippen molar-refractivity contribution in [1.29, 1.82) is 0 Å². The largest absolute Gasteiger partial charge is 0.617 e. The molecule has 0 spiro atoms. The Morgan fingerprint density at radius 1 is 1.42 bits per heavy atom. The van der Waals surface area contributed by atoms with Crippen molar-refractivity contribution in [3.05, 3.63) is 29.8 Å². The van der Waals surface area contributed by atoms with Gasteiger partial charge in [0, 0.05) is 5.56 Å². The zero-order chi connectivity index (χ0) is 14.6. The number of fused-ring (bicyclic) bond motifs is 1. The molecule has 0 saturated heterocycles. The van der Waals surface area contributed by atoms with Crippen LogP contribution in [0.25, 0.3) is 0 Å². The normalized spacial score (nSPS) is 17.1. The van der Waals surface area contributed by atoms with Crippen LogP contribution >= 0.6 is 0 Å². The molecule has 0 radical (unpaired) electrons. The van der Waals surface area contributed by atoms with E-state index in [2.05, 4.69) is 0 Å². The van der Waals surface area contributed by atoms with E-state index < -0.39 is 23.2 Å². The Morgan fingerprint density at radius 2 is 1.95 bits per heavy atom. The lowest BCUT2D eigenvalue weighted by Gasteiger charge is -2.14. The third kappa shape index (κ3) is 4.05. The number of nitrogens with zero attached hydrogens (tertiary/aromatic N) is 1. The van der Waals surface area contributed by atoms with Crippen molar-refractivity contribution in [1.82, 2.24) is 0 Å². The molecule has 1 N–H and O–H groups in total. The molecule has 1 heterocycles. The number of amides is 1. The number of Topliss-reactive ketones (excluding diaryl/α,β-unsaturated/α-hetero) is 1. The molecule has 5 nitrogen and oxygen atoms in total. The highest BCUT2D eigenvalue weighted by molar-refractivity contribution is 7.89. The number of anilines is 1. The molecule has 1 amide bonds. The van der Waals surface area contributed by atoms with E-state index in [9.17, 15) is 19.2 Å². The molecule has 6 heteroatoms. The first-order valence-corrected chi connectivity index (χ1v) is 7.64. The van der Waals surface area contributed by atoms with Gasteiger partial charge in [0.25, 0.3) is 5.91 Å². The Bertz CT molecular complexity index is 473. The Kier molecular flexibility index (Phi) is 5.53. The van der Waals surface area contributed by atoms with Crippen molar-refractivity contribution in [2.45, 2.75) is 13.0 Å². The van der Waals surface area contributed by atoms with Gasteiger partial charge in [0.1, 0.15) is 5.78 Å². The predicted molar refractivity (Wildman–Crippen MR) is 74.4 cm³/mol. The summed E-state index contributed by atoms with van der Waals surface area (Å²) in [6.07, 6.45) is 2.15. The quantitative estimate of drug-likeness (QED) is 0.808. The lowest BCUT2D eigenvalue weighted by atomic mass is 10.1. The molecule has 1 aromatic carbocycles. The summed E-state index contributed by atoms with van der Waals surface area (Å²) in [4.78, 5) is 23.9. The molecule has 2 rings (SSSR count). The van der Waals surface area contributed by atoms with E-state index in [1.807, 2.05) is 0 Å². The van der Waals surface area contributed by atoms with Crippen molar-refractivity contribution in [2.75, 3.05) is 24.0 Å². The summed E-state index contributed by atoms with van der Waals surface area (Å²) < 4.78 is 9.56. The van der Waals surface area contributed by atoms with Gasteiger partial charge >= 0.3 is 0 Å². The van der Waals surface area contributed by atoms with Crippen LogP contribution in [-0.4, -0.2) is 40.4 Å². The number of aliphatic hydroxyl groups is 1. The van der Waals surface area contributed by atoms with E-state index in [4.69, 9.17) is 0 Å². The summed E-state index contributed by atoms with van der Waals surface area (Å²) in [5.41, 5.74) is 1.20. The molecule has 0 fully saturated rings. The Labute approximate surface area is 115 Å². The van der Waals surface area contributed by atoms with Crippen LogP contribution in [0.4, 0.5) is 5.69 Å². The van der Waals surface area contributed by atoms with Crippen molar-refractivity contribution in [2.24, 2.45) is 0 Å². The molecular formula is C13H17NO4S. The van der Waals surface area contributed by atoms with Gasteiger partial charge in [0.05, 0.1) is 24.7 Å². The predicted octanol–water partition coefficient (Wildman–Crippen LogP) is 0.650. The van der Waals surface area contributed by atoms with Gasteiger partial charge < -0.3 is 14.6 Å². The van der Waals surface area contributed by atoms with Crippen molar-refractivity contribution < 1.29 is 19.2 Å². The number of benzene rings is 1. The fraction of sp³-hybridized carbons (Fsp3) is 0.385. The number of rotatable bonds is 2. The molecule has 0 aromatic heterocycles. The standard InChI is InChI=1S/C11H11NO3.C2H6OS/c1-7(13)6-12-9-5-3-2-4-8(9)10(14)11(12)15;1-4(2)3/h2-5,10,14H,6H2,1H3;1-2H3. The molecule has 1 unspecified atom stereocenters. The van der Waals surface area contributed by atoms with Crippen LogP contribution in [-0.2, 0) is 20.8 Å². The molecule has 0 saturated carbocycles. The molecule has 1 aromatic rings. The lowest BCUT2D eigenvalue weighted by molar-refractivity contribution is -0.127. The molecule has 1 aliphatic heterocycles. The lowest BCUT2D eigenvalue weighted by Crippen LogP contribution is -2.32. The topological polar surface area (TPSA) is 80.7 Å². The Hall–Kier alpha value is -1.37. The smallest absolute Gasteiger partial charge is 0.260 e. The van der Waals surface area contributed by atoms with E-state index in [0.717, 1.165) is 0 Å². The van der Waals surface area contributed by atoms with Gasteiger partial charge in [-0.15, -0.1) is 0 Å². The number of hydrogen-bond acceptors (Lipinski definition) is 4. The molecule has 1 atom stereocenters. The number of hydrogen-bond donors (Lipinski definition) is 1. The maximum Gasteiger partial charge on any atom is 0.260 e. The first kappa shape index (κ1) is 15.7. The zero-order valence-corrected chi connectivity index (χ0v) is 11.9. The number of carbonyl (C=O) groups is 2. The minimum absolute atomic E-state index is 0.0207. The van der Waals surface area contributed by atoms with E-state index in [0.29, 0.717) is 11.3 Å². The van der Waals surface area contributed by atoms with Crippen LogP contribution in [0.15, 0.2) is 24.3 Å². The second kappa shape index (κ2) is 6.70. The first-order valence-electron chi connectivity index (χ1n) is 5.67. The number of aliphatic hydroxyl groups excluding tert-OH is 1. The maximum atomic E-state index is 11.6. The molecule has 1 aliphatic rings. The van der Waals surface area contributed by atoms with Crippen molar-refractivity contribution in [3.63, 3.8) is 0 Å². The van der Waals surface area contributed by atoms with E-state index in [1.54, 1.807) is 36.8 Å². The van der Waals surface area contributed by atoms with Crippen molar-refractivity contribution in [3.8, 4) is 0 Å². The van der Waals surface area contributed by atoms with Gasteiger partial charge in [-0.1, -0.05) is 29.4 Å². The van der Waals surface area contributed by atoms with Crippen LogP contribution in [0, 0.1) is 0 Å². The molecule has 19 heavy (non-hydrogen) atoms. The van der Waals surface area contributed by atoms with E-state index in [-0.39, 0.29) is 12.3 Å². The summed E-state index contributed by atoms with van der Waals surface area (Å²) in [6.45, 7) is 1.44. The molecule has 104 valence electrons. The highest BCUT2D eigenvalue weighted by Gasteiger charge is 2.35. The summed E-state index contributed by atoms with van der Waals surface area (Å²) in [5.74, 6) is -0.529. The highest BCUT2D eigenvalue weighted by Crippen LogP contribution is 2.34. The summed E-state index contributed by atoms with van der Waals surface area (Å²) in [7, 11) is 0. The van der Waals surface area contributed by atoms with E-state index in [1.165, 1.54) is 11.8 Å². The van der Waals surface area contributed by atoms with Gasteiger partial charge in [-0.2, -0.15) is 0 Å². The number of ketones is 1. The average Bonchev–Trinajstić information content (AvgIpc) is 2.54. The fourth-order valence-electron chi connectivity index (χ4n) is 1.75. The monoisotopic (exact) mass is 283 g/mol. The summed E-state index contributed by atoms with van der Waals surface area (Å²) in [5, 5.41) is 9.63. The van der Waals surface area contributed by atoms with Crippen molar-refractivity contribution >= 4 is 28.6 Å². The Balaban J connectivity index is 0.000000399. The minimum Gasteiger partial charge on any atom is -0.617 e. The Morgan fingerprint density at radius 3 is 2.47 bits per heavy atom. The SMILES string of the molecule is CC(=O)CN1C(=O)C(O)c2ccccc21.C[S+](C)[O-]. The molecule has 0 aliphatic carbocycles. The fourth-order valence-corrected chi connectivity index (χ4v) is 1.75. The van der Waals surface area contributed by atoms with Crippen LogP contribution in [0.5, 0.6) is 0 Å². The maximum absolute atomic E-state index is 11.6. The van der Waals surface area contributed by atoms with Gasteiger partial charge in [0.15, 0.2) is 6.10 Å². The van der Waals surface area contributed by atoms with Gasteiger partial charge in [-0.25, -0.2) is 0 Å². The number of para-hydroxylation sites is 1. The van der Waals surface area contributed by atoms with Crippen LogP contribution < -0.4 is 4.90 Å². The number of carbonyl (C=O) groups excluding carboxylic acids is 2. The minimum atomic E-state index is -1.12. The van der Waals surface area contributed by atoms with E-state index >= 15 is 0 Å². The second-order valence-electron chi connectivity index (χ2n) is 4.33. The average molecular weight is 283 g/mol. The van der Waals surface area contributed by atoms with Gasteiger partial charge in [-0.3, -0.25) is 9.59 Å². The first-order chi connectivity index (χ1) is 8.84. The zero-order valence-electron chi connectivity index (χ0n) is 11.1. The summed E-state index contributed by atoms with van der Waals surface area (Å²) in [6, 6.07) is 6.95. The highest BCUT2D eigenvalue weighted by atomic mass is 32.2. The van der Waals surface area contributed by atoms with Crippen LogP contribution in [0.3, 0.4) is 0 Å². The summed E-state index contributed by atoms with van der Waals surface area (Å²) >= 11 is -0.611. The third-order valence-corrected chi connectivity index (χ3v) is 2.40. The van der Waals surface area contributed by atoms with Crippen LogP contribution in [0.1, 0.15) is 18.6 Å². The molecular weight excluding hydrogens is 266 g/mol. The van der Waals surface area contributed by atoms with Gasteiger partial charge in [-0.05, 0) is 13.0 Å². The molecule has 0 bridgehead atoms. The second-order valence-corrected chi connectivity index (χ2v) is 5.81.